The molecule has 1 aromatic heterocycles. The molecule has 0 saturated heterocycles. The van der Waals surface area contributed by atoms with Crippen molar-refractivity contribution in [2.24, 2.45) is 0 Å². The Morgan fingerprint density at radius 3 is 2.62 bits per heavy atom. The van der Waals surface area contributed by atoms with Crippen LogP contribution in [0.25, 0.3) is 10.6 Å². The average Bonchev–Trinajstić information content (AvgIpc) is 3.13. The van der Waals surface area contributed by atoms with E-state index >= 15 is 0 Å². The van der Waals surface area contributed by atoms with E-state index in [9.17, 15) is 12.8 Å². The van der Waals surface area contributed by atoms with Gasteiger partial charge in [-0.1, -0.05) is 0 Å². The number of sulfonamides is 1. The maximum Gasteiger partial charge on any atom is 0.280 e. The summed E-state index contributed by atoms with van der Waals surface area (Å²) < 4.78 is 45.7. The Hall–Kier alpha value is -2.96. The first kappa shape index (κ1) is 17.8. The monoisotopic (exact) mass is 389 g/mol. The Morgan fingerprint density at radius 1 is 1.23 bits per heavy atom. The lowest BCUT2D eigenvalue weighted by Gasteiger charge is -2.10. The first-order valence-electron chi connectivity index (χ1n) is 7.25. The van der Waals surface area contributed by atoms with Gasteiger partial charge in [0.05, 0.1) is 24.4 Å². The number of benzene rings is 2. The van der Waals surface area contributed by atoms with Crippen LogP contribution in [0.2, 0.25) is 0 Å². The van der Waals surface area contributed by atoms with Gasteiger partial charge in [0.15, 0.2) is 5.03 Å². The van der Waals surface area contributed by atoms with Crippen molar-refractivity contribution < 1.29 is 17.5 Å². The highest BCUT2D eigenvalue weighted by atomic mass is 32.2. The zero-order valence-electron chi connectivity index (χ0n) is 13.4. The number of hydrogen-bond acceptors (Lipinski definition) is 6. The van der Waals surface area contributed by atoms with E-state index in [1.54, 1.807) is 0 Å². The molecule has 0 aliphatic heterocycles. The third-order valence-corrected chi connectivity index (χ3v) is 5.71. The van der Waals surface area contributed by atoms with Crippen LogP contribution in [0.4, 0.5) is 10.1 Å². The molecule has 1 heterocycles. The van der Waals surface area contributed by atoms with Gasteiger partial charge in [0.25, 0.3) is 10.0 Å². The van der Waals surface area contributed by atoms with E-state index in [1.165, 1.54) is 55.0 Å². The molecule has 0 bridgehead atoms. The fourth-order valence-corrected chi connectivity index (χ4v) is 4.32. The third-order valence-electron chi connectivity index (χ3n) is 3.42. The van der Waals surface area contributed by atoms with Crippen molar-refractivity contribution in [3.8, 4) is 22.4 Å². The molecule has 132 valence electrons. The highest BCUT2D eigenvalue weighted by Gasteiger charge is 2.21. The van der Waals surface area contributed by atoms with Gasteiger partial charge in [-0.15, -0.1) is 11.3 Å². The molecule has 3 aromatic rings. The van der Waals surface area contributed by atoms with Crippen molar-refractivity contribution in [3.05, 3.63) is 59.2 Å². The lowest BCUT2D eigenvalue weighted by molar-refractivity contribution is 0.416. The molecular formula is C17H12FN3O3S2. The highest BCUT2D eigenvalue weighted by Crippen LogP contribution is 2.30. The van der Waals surface area contributed by atoms with Crippen LogP contribution >= 0.6 is 11.3 Å². The number of methoxy groups -OCH3 is 1. The number of nitrogens with one attached hydrogen (secondary N) is 1. The van der Waals surface area contributed by atoms with Gasteiger partial charge >= 0.3 is 0 Å². The molecule has 2 aromatic carbocycles. The van der Waals surface area contributed by atoms with E-state index in [0.717, 1.165) is 11.3 Å². The predicted octanol–water partition coefficient (Wildman–Crippen LogP) is 3.63. The zero-order valence-corrected chi connectivity index (χ0v) is 15.1. The van der Waals surface area contributed by atoms with Crippen LogP contribution in [0.3, 0.4) is 0 Å². The van der Waals surface area contributed by atoms with Crippen LogP contribution in [0.5, 0.6) is 5.75 Å². The van der Waals surface area contributed by atoms with Crippen LogP contribution in [-0.2, 0) is 10.0 Å². The largest absolute Gasteiger partial charge is 0.495 e. The van der Waals surface area contributed by atoms with Crippen molar-refractivity contribution in [1.29, 1.82) is 5.26 Å². The zero-order chi connectivity index (χ0) is 18.7. The number of aromatic nitrogens is 1. The van der Waals surface area contributed by atoms with Crippen molar-refractivity contribution in [1.82, 2.24) is 4.98 Å². The summed E-state index contributed by atoms with van der Waals surface area (Å²) >= 11 is 1.13. The number of thiazole rings is 1. The molecule has 0 fully saturated rings. The standard InChI is InChI=1S/C17H12FN3O3S2/c1-24-15-8-11(9-19)2-7-14(15)21-26(22,23)16-10-25-17(20-16)12-3-5-13(18)6-4-12/h2-8,10,21H,1H3. The molecule has 0 amide bonds. The van der Waals surface area contributed by atoms with E-state index in [0.29, 0.717) is 16.1 Å². The molecule has 1 N–H and O–H groups in total. The smallest absolute Gasteiger partial charge is 0.280 e. The number of halogens is 1. The van der Waals surface area contributed by atoms with E-state index in [4.69, 9.17) is 10.00 Å². The van der Waals surface area contributed by atoms with Crippen molar-refractivity contribution in [3.63, 3.8) is 0 Å². The Morgan fingerprint density at radius 2 is 1.96 bits per heavy atom. The Bertz CT molecular complexity index is 1090. The number of nitrogens with zero attached hydrogens (tertiary/aromatic N) is 2. The minimum Gasteiger partial charge on any atom is -0.495 e. The van der Waals surface area contributed by atoms with Crippen LogP contribution < -0.4 is 9.46 Å². The molecule has 3 rings (SSSR count). The summed E-state index contributed by atoms with van der Waals surface area (Å²) in [6, 6.07) is 11.9. The molecule has 26 heavy (non-hydrogen) atoms. The highest BCUT2D eigenvalue weighted by molar-refractivity contribution is 7.92. The molecule has 0 atom stereocenters. The Labute approximate surface area is 153 Å². The van der Waals surface area contributed by atoms with Crippen molar-refractivity contribution in [2.45, 2.75) is 5.03 Å². The average molecular weight is 389 g/mol. The van der Waals surface area contributed by atoms with E-state index < -0.39 is 10.0 Å². The minimum absolute atomic E-state index is 0.159. The maximum atomic E-state index is 13.0. The second-order valence-corrected chi connectivity index (χ2v) is 7.62. The summed E-state index contributed by atoms with van der Waals surface area (Å²) in [7, 11) is -2.57. The molecule has 0 unspecified atom stereocenters. The summed E-state index contributed by atoms with van der Waals surface area (Å²) in [6.07, 6.45) is 0. The molecule has 6 nitrogen and oxygen atoms in total. The number of hydrogen-bond donors (Lipinski definition) is 1. The molecule has 0 saturated carbocycles. The fraction of sp³-hybridized carbons (Fsp3) is 0.0588. The molecular weight excluding hydrogens is 377 g/mol. The third kappa shape index (κ3) is 3.66. The molecule has 0 aliphatic carbocycles. The lowest BCUT2D eigenvalue weighted by Crippen LogP contribution is -2.14. The number of anilines is 1. The van der Waals surface area contributed by atoms with E-state index in [2.05, 4.69) is 9.71 Å². The first-order valence-corrected chi connectivity index (χ1v) is 9.61. The van der Waals surface area contributed by atoms with Crippen LogP contribution in [-0.4, -0.2) is 20.5 Å². The number of nitriles is 1. The van der Waals surface area contributed by atoms with Gasteiger partial charge < -0.3 is 4.74 Å². The van der Waals surface area contributed by atoms with Gasteiger partial charge in [0, 0.05) is 17.0 Å². The summed E-state index contributed by atoms with van der Waals surface area (Å²) in [5.74, 6) is -0.158. The van der Waals surface area contributed by atoms with Crippen LogP contribution in [0.1, 0.15) is 5.56 Å². The van der Waals surface area contributed by atoms with Crippen LogP contribution in [0.15, 0.2) is 52.9 Å². The van der Waals surface area contributed by atoms with Gasteiger partial charge in [-0.2, -0.15) is 13.7 Å². The topological polar surface area (TPSA) is 92.1 Å². The van der Waals surface area contributed by atoms with Crippen LogP contribution in [0, 0.1) is 17.1 Å². The normalized spacial score (nSPS) is 11.0. The lowest BCUT2D eigenvalue weighted by atomic mass is 10.2. The van der Waals surface area contributed by atoms with Gasteiger partial charge in [-0.25, -0.2) is 9.37 Å². The van der Waals surface area contributed by atoms with Gasteiger partial charge in [0.1, 0.15) is 16.6 Å². The Balaban J connectivity index is 1.90. The van der Waals surface area contributed by atoms with Gasteiger partial charge in [-0.05, 0) is 36.4 Å². The van der Waals surface area contributed by atoms with Crippen molar-refractivity contribution >= 4 is 27.0 Å². The first-order chi connectivity index (χ1) is 12.4. The van der Waals surface area contributed by atoms with Crippen molar-refractivity contribution in [2.75, 3.05) is 11.8 Å². The predicted molar refractivity (Wildman–Crippen MR) is 96.0 cm³/mol. The maximum absolute atomic E-state index is 13.0. The molecule has 9 heteroatoms. The number of ether oxygens (including phenoxy) is 1. The quantitative estimate of drug-likeness (QED) is 0.719. The summed E-state index contributed by atoms with van der Waals surface area (Å²) in [5.41, 5.74) is 1.16. The second kappa shape index (κ2) is 7.11. The van der Waals surface area contributed by atoms with E-state index in [1.807, 2.05) is 6.07 Å². The summed E-state index contributed by atoms with van der Waals surface area (Å²) in [5, 5.41) is 10.6. The fourth-order valence-electron chi connectivity index (χ4n) is 2.15. The van der Waals surface area contributed by atoms with E-state index in [-0.39, 0.29) is 22.3 Å². The Kier molecular flexibility index (Phi) is 4.88. The van der Waals surface area contributed by atoms with Gasteiger partial charge in [-0.3, -0.25) is 4.72 Å². The molecule has 0 aliphatic rings. The minimum atomic E-state index is -3.95. The molecule has 0 spiro atoms. The SMILES string of the molecule is COc1cc(C#N)ccc1NS(=O)(=O)c1csc(-c2ccc(F)cc2)n1. The molecule has 0 radical (unpaired) electrons. The second-order valence-electron chi connectivity index (χ2n) is 5.13. The summed E-state index contributed by atoms with van der Waals surface area (Å²) in [6.45, 7) is 0. The van der Waals surface area contributed by atoms with Gasteiger partial charge in [0.2, 0.25) is 0 Å². The summed E-state index contributed by atoms with van der Waals surface area (Å²) in [4.78, 5) is 4.12. The number of rotatable bonds is 5.